The highest BCUT2D eigenvalue weighted by atomic mass is 16.5. The Hall–Kier alpha value is -4.07. The second-order valence-corrected chi connectivity index (χ2v) is 7.16. The quantitative estimate of drug-likeness (QED) is 0.457. The third-order valence-electron chi connectivity index (χ3n) is 5.28. The third kappa shape index (κ3) is 3.94. The van der Waals surface area contributed by atoms with Crippen molar-refractivity contribution in [1.82, 2.24) is 14.8 Å². The first-order valence-corrected chi connectivity index (χ1v) is 10.3. The predicted molar refractivity (Wildman–Crippen MR) is 119 cm³/mol. The normalized spacial score (nSPS) is 15.4. The maximum absolute atomic E-state index is 12.7. The number of urea groups is 1. The highest BCUT2D eigenvalue weighted by Gasteiger charge is 2.34. The van der Waals surface area contributed by atoms with E-state index in [1.54, 1.807) is 14.0 Å². The van der Waals surface area contributed by atoms with E-state index in [0.717, 1.165) is 15.8 Å². The topological polar surface area (TPSA) is 89.9 Å². The molecule has 4 rings (SSSR count). The Balaban J connectivity index is 1.62. The number of rotatable bonds is 7. The van der Waals surface area contributed by atoms with Gasteiger partial charge in [-0.25, -0.2) is 4.79 Å². The number of ether oxygens (including phenoxy) is 2. The minimum atomic E-state index is -0.699. The molecule has 0 aliphatic carbocycles. The van der Waals surface area contributed by atoms with E-state index in [1.807, 2.05) is 59.3 Å². The highest BCUT2D eigenvalue weighted by Crippen LogP contribution is 2.27. The number of hydrogen-bond acceptors (Lipinski definition) is 5. The van der Waals surface area contributed by atoms with Crippen LogP contribution >= 0.6 is 0 Å². The van der Waals surface area contributed by atoms with Crippen molar-refractivity contribution in [2.24, 2.45) is 0 Å². The summed E-state index contributed by atoms with van der Waals surface area (Å²) in [6.07, 6.45) is 3.41. The van der Waals surface area contributed by atoms with E-state index < -0.39 is 17.8 Å². The van der Waals surface area contributed by atoms with E-state index in [-0.39, 0.29) is 12.1 Å². The summed E-state index contributed by atoms with van der Waals surface area (Å²) in [6, 6.07) is 14.4. The first-order chi connectivity index (χ1) is 15.5. The van der Waals surface area contributed by atoms with Crippen molar-refractivity contribution >= 4 is 34.8 Å². The Morgan fingerprint density at radius 3 is 2.47 bits per heavy atom. The fourth-order valence-corrected chi connectivity index (χ4v) is 3.70. The van der Waals surface area contributed by atoms with Crippen LogP contribution < -0.4 is 14.8 Å². The number of hydrogen-bond donors (Lipinski definition) is 1. The number of para-hydroxylation sites is 3. The molecule has 0 saturated carbocycles. The molecule has 8 nitrogen and oxygen atoms in total. The second kappa shape index (κ2) is 8.97. The van der Waals surface area contributed by atoms with Gasteiger partial charge in [0.2, 0.25) is 0 Å². The number of carbonyl (C=O) groups excluding carboxylic acids is 3. The number of carbonyl (C=O) groups is 3. The maximum atomic E-state index is 12.7. The van der Waals surface area contributed by atoms with Crippen molar-refractivity contribution in [3.63, 3.8) is 0 Å². The van der Waals surface area contributed by atoms with Crippen LogP contribution in [0.4, 0.5) is 4.79 Å². The van der Waals surface area contributed by atoms with Crippen molar-refractivity contribution in [1.29, 1.82) is 0 Å². The molecule has 0 unspecified atom stereocenters. The standard InChI is InChI=1S/C24H23N3O5/c1-3-27-23(29)18(22(28)25-24(27)30)14-16-15-26(19-9-5-4-8-17(16)19)12-13-32-21-11-7-6-10-20(21)31-2/h4-11,14-15H,3,12-13H2,1-2H3,(H,25,28,30)/b18-14+. The Morgan fingerprint density at radius 2 is 1.72 bits per heavy atom. The van der Waals surface area contributed by atoms with Gasteiger partial charge in [-0.3, -0.25) is 19.8 Å². The van der Waals surface area contributed by atoms with Crippen molar-refractivity contribution < 1.29 is 23.9 Å². The third-order valence-corrected chi connectivity index (χ3v) is 5.28. The van der Waals surface area contributed by atoms with Gasteiger partial charge in [-0.05, 0) is 31.2 Å². The van der Waals surface area contributed by atoms with Crippen LogP contribution in [0.25, 0.3) is 17.0 Å². The van der Waals surface area contributed by atoms with Crippen molar-refractivity contribution in [3.8, 4) is 11.5 Å². The molecular weight excluding hydrogens is 410 g/mol. The predicted octanol–water partition coefficient (Wildman–Crippen LogP) is 3.21. The number of imide groups is 2. The van der Waals surface area contributed by atoms with Crippen LogP contribution in [0.3, 0.4) is 0 Å². The molecule has 8 heteroatoms. The molecule has 2 aromatic carbocycles. The smallest absolute Gasteiger partial charge is 0.331 e. The Kier molecular flexibility index (Phi) is 5.93. The van der Waals surface area contributed by atoms with Gasteiger partial charge in [-0.15, -0.1) is 0 Å². The van der Waals surface area contributed by atoms with E-state index in [0.29, 0.717) is 30.2 Å². The summed E-state index contributed by atoms with van der Waals surface area (Å²) < 4.78 is 13.2. The zero-order valence-corrected chi connectivity index (χ0v) is 17.8. The number of nitrogens with zero attached hydrogens (tertiary/aromatic N) is 2. The molecule has 1 saturated heterocycles. The average Bonchev–Trinajstić information content (AvgIpc) is 3.14. The van der Waals surface area contributed by atoms with Crippen molar-refractivity contribution in [2.75, 3.05) is 20.3 Å². The second-order valence-electron chi connectivity index (χ2n) is 7.16. The lowest BCUT2D eigenvalue weighted by Crippen LogP contribution is -2.53. The minimum Gasteiger partial charge on any atom is -0.493 e. The van der Waals surface area contributed by atoms with E-state index >= 15 is 0 Å². The van der Waals surface area contributed by atoms with Crippen LogP contribution in [0.1, 0.15) is 12.5 Å². The summed E-state index contributed by atoms with van der Waals surface area (Å²) in [5.74, 6) is 0.0216. The summed E-state index contributed by atoms with van der Waals surface area (Å²) in [6.45, 7) is 2.80. The number of aromatic nitrogens is 1. The van der Waals surface area contributed by atoms with Crippen LogP contribution in [-0.4, -0.2) is 47.6 Å². The van der Waals surface area contributed by atoms with Crippen LogP contribution in [0.2, 0.25) is 0 Å². The summed E-state index contributed by atoms with van der Waals surface area (Å²) >= 11 is 0. The number of barbiturate groups is 1. The van der Waals surface area contributed by atoms with Gasteiger partial charge in [-0.2, -0.15) is 0 Å². The van der Waals surface area contributed by atoms with Crippen molar-refractivity contribution in [2.45, 2.75) is 13.5 Å². The molecule has 0 atom stereocenters. The van der Waals surface area contributed by atoms with Gasteiger partial charge in [0.1, 0.15) is 12.2 Å². The molecule has 32 heavy (non-hydrogen) atoms. The Bertz CT molecular complexity index is 1230. The number of nitrogens with one attached hydrogen (secondary N) is 1. The summed E-state index contributed by atoms with van der Waals surface area (Å²) in [5, 5.41) is 3.11. The zero-order valence-electron chi connectivity index (χ0n) is 17.8. The van der Waals surface area contributed by atoms with Gasteiger partial charge in [-0.1, -0.05) is 30.3 Å². The van der Waals surface area contributed by atoms with Gasteiger partial charge >= 0.3 is 6.03 Å². The van der Waals surface area contributed by atoms with Crippen LogP contribution in [0.5, 0.6) is 11.5 Å². The van der Waals surface area contributed by atoms with Gasteiger partial charge in [0.05, 0.1) is 13.7 Å². The zero-order chi connectivity index (χ0) is 22.7. The molecule has 164 valence electrons. The lowest BCUT2D eigenvalue weighted by atomic mass is 10.1. The molecule has 4 amide bonds. The maximum Gasteiger partial charge on any atom is 0.331 e. The lowest BCUT2D eigenvalue weighted by Gasteiger charge is -2.24. The number of benzene rings is 2. The molecule has 1 N–H and O–H groups in total. The number of amides is 4. The number of likely N-dealkylation sites (N-methyl/N-ethyl adjacent to an activating group) is 1. The average molecular weight is 433 g/mol. The molecule has 0 spiro atoms. The van der Waals surface area contributed by atoms with E-state index in [9.17, 15) is 14.4 Å². The fraction of sp³-hybridized carbons (Fsp3) is 0.208. The lowest BCUT2D eigenvalue weighted by molar-refractivity contribution is -0.129. The van der Waals surface area contributed by atoms with E-state index in [2.05, 4.69) is 5.32 Å². The molecule has 1 fully saturated rings. The Labute approximate surface area is 185 Å². The molecule has 1 aliphatic heterocycles. The SMILES string of the molecule is CCN1C(=O)NC(=O)/C(=C\c2cn(CCOc3ccccc3OC)c3ccccc23)C1=O. The Morgan fingerprint density at radius 1 is 1.00 bits per heavy atom. The van der Waals surface area contributed by atoms with Gasteiger partial charge in [0.15, 0.2) is 11.5 Å². The monoisotopic (exact) mass is 433 g/mol. The fourth-order valence-electron chi connectivity index (χ4n) is 3.70. The summed E-state index contributed by atoms with van der Waals surface area (Å²) in [4.78, 5) is 37.8. The largest absolute Gasteiger partial charge is 0.493 e. The summed E-state index contributed by atoms with van der Waals surface area (Å²) in [5.41, 5.74) is 1.58. The van der Waals surface area contributed by atoms with Gasteiger partial charge < -0.3 is 14.0 Å². The molecule has 0 bridgehead atoms. The first-order valence-electron chi connectivity index (χ1n) is 10.3. The number of fused-ring (bicyclic) bond motifs is 1. The van der Waals surface area contributed by atoms with E-state index in [1.165, 1.54) is 6.08 Å². The van der Waals surface area contributed by atoms with Gasteiger partial charge in [0, 0.05) is 29.2 Å². The molecule has 0 radical (unpaired) electrons. The van der Waals surface area contributed by atoms with Crippen LogP contribution in [-0.2, 0) is 16.1 Å². The van der Waals surface area contributed by atoms with Crippen LogP contribution in [0.15, 0.2) is 60.3 Å². The molecule has 1 aromatic heterocycles. The van der Waals surface area contributed by atoms with Crippen LogP contribution in [0, 0.1) is 0 Å². The van der Waals surface area contributed by atoms with Crippen molar-refractivity contribution in [3.05, 3.63) is 65.9 Å². The molecule has 2 heterocycles. The van der Waals surface area contributed by atoms with E-state index in [4.69, 9.17) is 9.47 Å². The molecular formula is C24H23N3O5. The highest BCUT2D eigenvalue weighted by molar-refractivity contribution is 6.31. The molecule has 1 aliphatic rings. The number of methoxy groups -OCH3 is 1. The van der Waals surface area contributed by atoms with Gasteiger partial charge in [0.25, 0.3) is 11.8 Å². The minimum absolute atomic E-state index is 0.0698. The summed E-state index contributed by atoms with van der Waals surface area (Å²) in [7, 11) is 1.59. The molecule has 3 aromatic rings. The first kappa shape index (κ1) is 21.2.